The molecule has 3 heterocycles. The largest absolute Gasteiger partial charge is 0.479 e. The quantitative estimate of drug-likeness (QED) is 0.222. The number of halogens is 1. The summed E-state index contributed by atoms with van der Waals surface area (Å²) in [4.78, 5) is 24.6. The first-order chi connectivity index (χ1) is 18.8. The van der Waals surface area contributed by atoms with Crippen LogP contribution in [0, 0.1) is 0 Å². The number of ether oxygens (including phenoxy) is 3. The van der Waals surface area contributed by atoms with E-state index in [2.05, 4.69) is 20.0 Å². The van der Waals surface area contributed by atoms with Gasteiger partial charge in [-0.3, -0.25) is 13.9 Å². The van der Waals surface area contributed by atoms with E-state index in [-0.39, 0.29) is 28.7 Å². The van der Waals surface area contributed by atoms with Crippen LogP contribution in [0.1, 0.15) is 33.9 Å². The van der Waals surface area contributed by atoms with Crippen molar-refractivity contribution in [2.75, 3.05) is 19.5 Å². The fourth-order valence-corrected chi connectivity index (χ4v) is 5.58. The van der Waals surface area contributed by atoms with Crippen molar-refractivity contribution >= 4 is 30.8 Å². The van der Waals surface area contributed by atoms with Crippen LogP contribution in [-0.4, -0.2) is 74.3 Å². The second-order valence-corrected chi connectivity index (χ2v) is 11.3. The van der Waals surface area contributed by atoms with E-state index in [4.69, 9.17) is 29.0 Å². The Kier molecular flexibility index (Phi) is 8.61. The number of para-hydroxylation sites is 1. The lowest BCUT2D eigenvalue weighted by Crippen LogP contribution is -2.41. The van der Waals surface area contributed by atoms with Crippen molar-refractivity contribution in [2.45, 2.75) is 63.9 Å². The number of hydrogen-bond donors (Lipinski definition) is 3. The lowest BCUT2D eigenvalue weighted by atomic mass is 9.98. The van der Waals surface area contributed by atoms with Gasteiger partial charge in [-0.2, -0.15) is 15.1 Å². The molecular formula is C24H32FN6O8P. The first-order valence-corrected chi connectivity index (χ1v) is 13.9. The van der Waals surface area contributed by atoms with Gasteiger partial charge in [-0.15, -0.1) is 0 Å². The second kappa shape index (κ2) is 11.6. The molecule has 1 aliphatic heterocycles. The Morgan fingerprint density at radius 3 is 2.65 bits per heavy atom. The molecule has 0 amide bonds. The number of methoxy groups -OCH3 is 1. The maximum absolute atomic E-state index is 15.9. The number of carbonyl (C=O) groups is 1. The lowest BCUT2D eigenvalue weighted by Gasteiger charge is -2.25. The van der Waals surface area contributed by atoms with Crippen LogP contribution >= 0.6 is 7.75 Å². The highest BCUT2D eigenvalue weighted by Crippen LogP contribution is 2.48. The zero-order chi connectivity index (χ0) is 29.2. The monoisotopic (exact) mass is 582 g/mol. The number of rotatable bonds is 11. The number of anilines is 1. The number of carbonyl (C=O) groups excluding carboxylic acids is 1. The van der Waals surface area contributed by atoms with E-state index in [1.54, 1.807) is 32.0 Å². The van der Waals surface area contributed by atoms with Crippen molar-refractivity contribution in [1.82, 2.24) is 24.6 Å². The van der Waals surface area contributed by atoms with Crippen LogP contribution in [0.25, 0.3) is 11.2 Å². The Hall–Kier alpha value is -3.36. The summed E-state index contributed by atoms with van der Waals surface area (Å²) in [5.41, 5.74) is 3.71. The van der Waals surface area contributed by atoms with E-state index in [0.717, 1.165) is 6.92 Å². The van der Waals surface area contributed by atoms with Crippen molar-refractivity contribution in [1.29, 1.82) is 0 Å². The van der Waals surface area contributed by atoms with Crippen LogP contribution < -0.4 is 20.1 Å². The van der Waals surface area contributed by atoms with Crippen LogP contribution in [-0.2, 0) is 23.4 Å². The summed E-state index contributed by atoms with van der Waals surface area (Å²) in [5, 5.41) is 13.4. The first kappa shape index (κ1) is 29.6. The zero-order valence-corrected chi connectivity index (χ0v) is 23.4. The Balaban J connectivity index is 1.56. The maximum Gasteiger partial charge on any atom is 0.459 e. The van der Waals surface area contributed by atoms with Gasteiger partial charge in [-0.25, -0.2) is 13.9 Å². The van der Waals surface area contributed by atoms with E-state index < -0.39 is 56.6 Å². The Labute approximate surface area is 229 Å². The minimum absolute atomic E-state index is 0.0791. The third-order valence-corrected chi connectivity index (χ3v) is 7.65. The highest BCUT2D eigenvalue weighted by atomic mass is 31.2. The highest BCUT2D eigenvalue weighted by Gasteiger charge is 2.56. The van der Waals surface area contributed by atoms with Crippen molar-refractivity contribution in [3.63, 3.8) is 0 Å². The van der Waals surface area contributed by atoms with E-state index in [0.29, 0.717) is 0 Å². The van der Waals surface area contributed by atoms with Gasteiger partial charge in [0.2, 0.25) is 11.8 Å². The molecule has 6 atom stereocenters. The van der Waals surface area contributed by atoms with Gasteiger partial charge in [0.1, 0.15) is 24.0 Å². The third-order valence-electron chi connectivity index (χ3n) is 6.00. The van der Waals surface area contributed by atoms with Gasteiger partial charge in [0.15, 0.2) is 23.1 Å². The van der Waals surface area contributed by atoms with E-state index >= 15 is 4.39 Å². The minimum atomic E-state index is -4.29. The van der Waals surface area contributed by atoms with Crippen molar-refractivity contribution in [3.05, 3.63) is 36.7 Å². The van der Waals surface area contributed by atoms with Gasteiger partial charge in [-0.1, -0.05) is 18.2 Å². The number of nitrogens with one attached hydrogen (secondary N) is 1. The predicted octanol–water partition coefficient (Wildman–Crippen LogP) is 2.54. The molecule has 1 aliphatic rings. The summed E-state index contributed by atoms with van der Waals surface area (Å²) in [7, 11) is -2.92. The molecule has 0 spiro atoms. The summed E-state index contributed by atoms with van der Waals surface area (Å²) in [5.74, 6) is -0.566. The van der Waals surface area contributed by atoms with Gasteiger partial charge in [0.25, 0.3) is 0 Å². The molecule has 3 aromatic rings. The average molecular weight is 583 g/mol. The average Bonchev–Trinajstić information content (AvgIpc) is 3.40. The molecule has 4 N–H and O–H groups in total. The second-order valence-electron chi connectivity index (χ2n) is 9.57. The van der Waals surface area contributed by atoms with Gasteiger partial charge in [0.05, 0.1) is 26.1 Å². The lowest BCUT2D eigenvalue weighted by molar-refractivity contribution is -0.149. The fourth-order valence-electron chi connectivity index (χ4n) is 4.08. The smallest absolute Gasteiger partial charge is 0.459 e. The van der Waals surface area contributed by atoms with Crippen molar-refractivity contribution in [2.24, 2.45) is 0 Å². The van der Waals surface area contributed by atoms with Gasteiger partial charge in [0, 0.05) is 0 Å². The molecule has 14 nitrogen and oxygen atoms in total. The summed E-state index contributed by atoms with van der Waals surface area (Å²) < 4.78 is 58.3. The first-order valence-electron chi connectivity index (χ1n) is 12.4. The van der Waals surface area contributed by atoms with E-state index in [1.807, 2.05) is 0 Å². The summed E-state index contributed by atoms with van der Waals surface area (Å²) in [6.45, 7) is 5.33. The number of aliphatic hydroxyl groups excluding tert-OH is 1. The number of fused-ring (bicyclic) bond motifs is 1. The molecule has 0 saturated carbocycles. The maximum atomic E-state index is 15.9. The molecule has 218 valence electrons. The van der Waals surface area contributed by atoms with Crippen LogP contribution in [0.3, 0.4) is 0 Å². The molecule has 0 unspecified atom stereocenters. The number of nitrogen functional groups attached to an aromatic ring is 1. The van der Waals surface area contributed by atoms with Crippen molar-refractivity contribution in [3.8, 4) is 11.6 Å². The summed E-state index contributed by atoms with van der Waals surface area (Å²) >= 11 is 0. The number of aliphatic hydroxyl groups is 1. The predicted molar refractivity (Wildman–Crippen MR) is 140 cm³/mol. The molecule has 1 aromatic carbocycles. The standard InChI is InChI=1S/C24H32FN6O8P/c1-13(2)37-21(33)14(3)30-40(34,39-15-9-7-6-8-10-15)36-11-16-18(32)24(4,25)22(38-16)31-12-27-17-19(31)28-23(26)29-20(17)35-5/h6-10,12-14,16,18,22,32H,11H2,1-5H3,(H,30,34)(H2,26,28,29)/t14-,16+,18+,22+,24+,40-/m0/s1. The molecule has 0 aliphatic carbocycles. The van der Waals surface area contributed by atoms with Crippen LogP contribution in [0.5, 0.6) is 11.6 Å². The number of aromatic nitrogens is 4. The van der Waals surface area contributed by atoms with Gasteiger partial charge >= 0.3 is 13.7 Å². The summed E-state index contributed by atoms with van der Waals surface area (Å²) in [6.07, 6.45) is -3.63. The van der Waals surface area contributed by atoms with Gasteiger partial charge in [-0.05, 0) is 39.8 Å². The molecule has 40 heavy (non-hydrogen) atoms. The molecule has 1 saturated heterocycles. The number of imidazole rings is 1. The summed E-state index contributed by atoms with van der Waals surface area (Å²) in [6, 6.07) is 7.02. The number of esters is 1. The fraction of sp³-hybridized carbons (Fsp3) is 0.500. The third kappa shape index (κ3) is 6.18. The van der Waals surface area contributed by atoms with Crippen LogP contribution in [0.15, 0.2) is 36.7 Å². The number of nitrogens with two attached hydrogens (primary N) is 1. The van der Waals surface area contributed by atoms with Crippen molar-refractivity contribution < 1.29 is 42.1 Å². The van der Waals surface area contributed by atoms with Crippen LogP contribution in [0.4, 0.5) is 10.3 Å². The molecule has 0 radical (unpaired) electrons. The molecule has 2 aromatic heterocycles. The number of nitrogens with zero attached hydrogens (tertiary/aromatic N) is 4. The molecule has 1 fully saturated rings. The molecular weight excluding hydrogens is 550 g/mol. The number of hydrogen-bond acceptors (Lipinski definition) is 12. The Morgan fingerprint density at radius 1 is 1.30 bits per heavy atom. The zero-order valence-electron chi connectivity index (χ0n) is 22.6. The number of benzene rings is 1. The molecule has 16 heteroatoms. The van der Waals surface area contributed by atoms with Crippen LogP contribution in [0.2, 0.25) is 0 Å². The SMILES string of the molecule is COc1nc(N)nc2c1ncn2[C@@H]1O[C@H](CO[P@@](=O)(N[C@@H](C)C(=O)OC(C)C)Oc2ccccc2)[C@@H](O)[C@@]1(C)F. The Morgan fingerprint density at radius 2 is 2.00 bits per heavy atom. The number of alkyl halides is 1. The molecule has 0 bridgehead atoms. The molecule has 4 rings (SSSR count). The topological polar surface area (TPSA) is 182 Å². The normalized spacial score (nSPS) is 25.1. The van der Waals surface area contributed by atoms with E-state index in [1.165, 1.54) is 37.1 Å². The van der Waals surface area contributed by atoms with Gasteiger partial charge < -0.3 is 29.6 Å². The Bertz CT molecular complexity index is 1390. The highest BCUT2D eigenvalue weighted by molar-refractivity contribution is 7.52. The van der Waals surface area contributed by atoms with E-state index in [9.17, 15) is 14.5 Å². The minimum Gasteiger partial charge on any atom is -0.479 e.